The number of phenolic OH excluding ortho intramolecular Hbond substituents is 1. The Balaban J connectivity index is 0.000000166. The molecule has 2 N–H and O–H groups in total. The van der Waals surface area contributed by atoms with E-state index in [1.807, 2.05) is 23.9 Å². The van der Waals surface area contributed by atoms with Crippen LogP contribution in [0.15, 0.2) is 48.5 Å². The van der Waals surface area contributed by atoms with Crippen LogP contribution in [0.5, 0.6) is 11.8 Å². The summed E-state index contributed by atoms with van der Waals surface area (Å²) in [4.78, 5) is 56.3. The fourth-order valence-electron chi connectivity index (χ4n) is 13.1. The number of carbonyl (C=O) groups excluding carboxylic acids is 3. The van der Waals surface area contributed by atoms with Crippen molar-refractivity contribution in [1.82, 2.24) is 39.8 Å². The molecule has 5 fully saturated rings. The Kier molecular flexibility index (Phi) is 13.9. The summed E-state index contributed by atoms with van der Waals surface area (Å²) < 4.78 is 35.9. The fraction of sp³-hybridized carbons (Fsp3) is 0.518. The highest BCUT2D eigenvalue weighted by Gasteiger charge is 2.48. The number of rotatable bonds is 10. The summed E-state index contributed by atoms with van der Waals surface area (Å²) in [6, 6.07) is 15.3. The molecule has 4 saturated heterocycles. The number of anilines is 1. The molecule has 2 amide bonds. The van der Waals surface area contributed by atoms with Crippen molar-refractivity contribution in [3.05, 3.63) is 76.3 Å². The largest absolute Gasteiger partial charge is 0.508 e. The van der Waals surface area contributed by atoms with Crippen LogP contribution in [-0.4, -0.2) is 136 Å². The topological polar surface area (TPSA) is 177 Å². The molecule has 6 aliphatic rings. The van der Waals surface area contributed by atoms with Crippen LogP contribution in [0, 0.1) is 11.2 Å². The van der Waals surface area contributed by atoms with Crippen LogP contribution in [0.4, 0.5) is 15.0 Å². The van der Waals surface area contributed by atoms with Gasteiger partial charge in [-0.25, -0.2) is 14.2 Å². The molecular weight excluding hydrogens is 965 g/mol. The maximum Gasteiger partial charge on any atom is 0.409 e. The van der Waals surface area contributed by atoms with Crippen molar-refractivity contribution in [1.29, 1.82) is 0 Å². The lowest BCUT2D eigenvalue weighted by Gasteiger charge is -2.52. The van der Waals surface area contributed by atoms with Gasteiger partial charge < -0.3 is 39.2 Å². The highest BCUT2D eigenvalue weighted by atomic mass is 35.5. The van der Waals surface area contributed by atoms with Crippen LogP contribution in [0.3, 0.4) is 0 Å². The third kappa shape index (κ3) is 9.26. The molecule has 390 valence electrons. The number of hydrogen-bond acceptors (Lipinski definition) is 13. The Bertz CT molecular complexity index is 3130. The molecule has 2 atom stereocenters. The third-order valence-corrected chi connectivity index (χ3v) is 17.5. The molecule has 1 aliphatic carbocycles. The van der Waals surface area contributed by atoms with Crippen molar-refractivity contribution in [3.8, 4) is 23.0 Å². The number of halogens is 2. The molecule has 1 spiro atoms. The lowest BCUT2D eigenvalue weighted by Crippen LogP contribution is -2.48. The van der Waals surface area contributed by atoms with E-state index in [4.69, 9.17) is 40.8 Å². The van der Waals surface area contributed by atoms with Crippen LogP contribution in [0.2, 0.25) is 5.02 Å². The number of carbonyl (C=O) groups is 3. The van der Waals surface area contributed by atoms with Crippen LogP contribution in [0.1, 0.15) is 106 Å². The second-order valence-corrected chi connectivity index (χ2v) is 21.8. The first-order valence-corrected chi connectivity index (χ1v) is 26.8. The Morgan fingerprint density at radius 3 is 2.55 bits per heavy atom. The molecule has 0 radical (unpaired) electrons. The number of benzene rings is 3. The van der Waals surface area contributed by atoms with Gasteiger partial charge in [0, 0.05) is 68.1 Å². The van der Waals surface area contributed by atoms with E-state index in [0.29, 0.717) is 83.0 Å². The average molecular weight is 1030 g/mol. The molecule has 1 saturated carbocycles. The number of methoxy groups -OCH3 is 1. The number of likely N-dealkylation sites (tertiary alicyclic amines) is 1. The number of ether oxygens (including phenoxy) is 3. The summed E-state index contributed by atoms with van der Waals surface area (Å²) in [7, 11) is 4.94. The molecule has 6 aromatic rings. The van der Waals surface area contributed by atoms with Gasteiger partial charge in [0.15, 0.2) is 5.82 Å². The number of aryl methyl sites for hydroxylation is 2. The summed E-state index contributed by atoms with van der Waals surface area (Å²) in [6.07, 6.45) is 12.5. The summed E-state index contributed by atoms with van der Waals surface area (Å²) in [5, 5.41) is 21.2. The zero-order valence-electron chi connectivity index (χ0n) is 42.5. The minimum Gasteiger partial charge on any atom is -0.508 e. The molecule has 2 unspecified atom stereocenters. The van der Waals surface area contributed by atoms with Gasteiger partial charge in [-0.3, -0.25) is 14.4 Å². The molecule has 16 nitrogen and oxygen atoms in total. The number of phenols is 1. The number of aromatic nitrogens is 5. The minimum absolute atomic E-state index is 0.00968. The predicted molar refractivity (Wildman–Crippen MR) is 281 cm³/mol. The molecule has 3 aromatic heterocycles. The van der Waals surface area contributed by atoms with Gasteiger partial charge in [0.2, 0.25) is 5.91 Å². The summed E-state index contributed by atoms with van der Waals surface area (Å²) in [6.45, 7) is 6.24. The number of amides is 2. The van der Waals surface area contributed by atoms with E-state index in [2.05, 4.69) is 38.4 Å². The molecule has 5 aliphatic heterocycles. The van der Waals surface area contributed by atoms with Crippen molar-refractivity contribution in [2.75, 3.05) is 71.6 Å². The van der Waals surface area contributed by atoms with Crippen molar-refractivity contribution in [2.45, 2.75) is 107 Å². The highest BCUT2D eigenvalue weighted by molar-refractivity contribution is 6.36. The molecule has 8 heterocycles. The van der Waals surface area contributed by atoms with E-state index < -0.39 is 11.7 Å². The number of hydrogen-bond donors (Lipinski definition) is 2. The Labute approximate surface area is 434 Å². The van der Waals surface area contributed by atoms with Gasteiger partial charge in [0.25, 0.3) is 0 Å². The van der Waals surface area contributed by atoms with Crippen molar-refractivity contribution >= 4 is 68.3 Å². The van der Waals surface area contributed by atoms with Gasteiger partial charge in [-0.15, -0.1) is 0 Å². The second kappa shape index (κ2) is 20.5. The number of nitrogens with one attached hydrogen (secondary N) is 1. The monoisotopic (exact) mass is 1030 g/mol. The molecule has 18 heteroatoms. The van der Waals surface area contributed by atoms with Gasteiger partial charge >= 0.3 is 12.1 Å². The Hall–Kier alpha value is -6.17. The number of aromatic hydroxyl groups is 1. The van der Waals surface area contributed by atoms with Gasteiger partial charge in [-0.1, -0.05) is 35.9 Å². The van der Waals surface area contributed by atoms with Crippen LogP contribution >= 0.6 is 11.6 Å². The standard InChI is InChI=1S/C32H33ClFN5O3.C24H32N4O4/c33-23-6-1-5-19-15-21(40)16-22(25(19)23)28-27(34)29-26-24(35-28)8-7-20-17-41-14-4-13-39(20)30(26)37-31(36-29)42-18-32-9-2-11-38(32)12-3-10-32;1-25-21(30)7-5-17(15-29)22-19-6-4-16(12-20(19)27(2)26-22)18-13-24(14-18)8-10-28(11-9-24)23(31)32-3/h1,5-6,15-16,20,40H,2-4,7-14,17-18H2;4,6,12,15,17-18H,5,7-11,13-14H2,1-3H3,(H,25,30). The lowest BCUT2D eigenvalue weighted by molar-refractivity contribution is -0.120. The third-order valence-electron chi connectivity index (χ3n) is 17.2. The highest BCUT2D eigenvalue weighted by Crippen LogP contribution is 2.57. The molecule has 0 bridgehead atoms. The van der Waals surface area contributed by atoms with Crippen molar-refractivity contribution in [3.63, 3.8) is 0 Å². The molecule has 3 aromatic carbocycles. The van der Waals surface area contributed by atoms with E-state index in [1.54, 1.807) is 24.1 Å². The smallest absolute Gasteiger partial charge is 0.409 e. The number of nitrogens with zero attached hydrogens (tertiary/aromatic N) is 8. The minimum atomic E-state index is -0.569. The average Bonchev–Trinajstić information content (AvgIpc) is 4.00. The van der Waals surface area contributed by atoms with E-state index in [1.165, 1.54) is 18.7 Å². The SMILES string of the molecule is CNC(=O)CCC(C=O)c1nn(C)c2cc(C3CC4(CCN(C(=O)OC)CC4)C3)ccc12.Oc1cc(-c2nc3c4c(nc(OCC56CCCN5CCC6)nc4c2F)N2CCCOCC2CC3)c2c(Cl)cccc2c1. The quantitative estimate of drug-likeness (QED) is 0.124. The molecular formula is C56H65ClFN9O7. The number of fused-ring (bicyclic) bond motifs is 5. The second-order valence-electron chi connectivity index (χ2n) is 21.4. The van der Waals surface area contributed by atoms with Crippen LogP contribution in [0.25, 0.3) is 43.8 Å². The molecule has 74 heavy (non-hydrogen) atoms. The van der Waals surface area contributed by atoms with Crippen LogP contribution < -0.4 is 15.0 Å². The zero-order valence-corrected chi connectivity index (χ0v) is 43.3. The normalized spacial score (nSPS) is 20.5. The summed E-state index contributed by atoms with van der Waals surface area (Å²) in [5.74, 6) is 0.158. The van der Waals surface area contributed by atoms with Gasteiger partial charge in [0.1, 0.15) is 35.7 Å². The zero-order chi connectivity index (χ0) is 51.3. The Morgan fingerprint density at radius 1 is 1.00 bits per heavy atom. The summed E-state index contributed by atoms with van der Waals surface area (Å²) in [5.41, 5.74) is 4.89. The molecule has 12 rings (SSSR count). The first-order chi connectivity index (χ1) is 35.9. The van der Waals surface area contributed by atoms with Crippen molar-refractivity contribution in [2.24, 2.45) is 12.5 Å². The number of pyridine rings is 1. The van der Waals surface area contributed by atoms with E-state index >= 15 is 4.39 Å². The fourth-order valence-corrected chi connectivity index (χ4v) is 13.4. The maximum absolute atomic E-state index is 16.9. The van der Waals surface area contributed by atoms with Gasteiger partial charge in [0.05, 0.1) is 53.5 Å². The first kappa shape index (κ1) is 50.0. The first-order valence-electron chi connectivity index (χ1n) is 26.4. The predicted octanol–water partition coefficient (Wildman–Crippen LogP) is 9.00. The maximum atomic E-state index is 16.9. The van der Waals surface area contributed by atoms with Crippen molar-refractivity contribution < 1.29 is 38.1 Å². The van der Waals surface area contributed by atoms with E-state index in [0.717, 1.165) is 126 Å². The van der Waals surface area contributed by atoms with Crippen LogP contribution in [-0.2, 0) is 32.5 Å². The number of aldehydes is 1. The lowest BCUT2D eigenvalue weighted by atomic mass is 9.56. The van der Waals surface area contributed by atoms with E-state index in [9.17, 15) is 19.5 Å². The number of piperidine rings is 1. The van der Waals surface area contributed by atoms with E-state index in [-0.39, 0.29) is 46.6 Å². The van der Waals surface area contributed by atoms with Gasteiger partial charge in [-0.05, 0) is 137 Å². The summed E-state index contributed by atoms with van der Waals surface area (Å²) >= 11 is 6.64. The Morgan fingerprint density at radius 2 is 1.80 bits per heavy atom. The van der Waals surface area contributed by atoms with Gasteiger partial charge in [-0.2, -0.15) is 15.1 Å².